The van der Waals surface area contributed by atoms with E-state index in [1.165, 1.54) is 12.1 Å². The lowest BCUT2D eigenvalue weighted by Gasteiger charge is -2.32. The van der Waals surface area contributed by atoms with E-state index in [2.05, 4.69) is 5.32 Å². The molecule has 1 saturated heterocycles. The first-order valence-corrected chi connectivity index (χ1v) is 10.5. The summed E-state index contributed by atoms with van der Waals surface area (Å²) in [7, 11) is 1.55. The van der Waals surface area contributed by atoms with Crippen LogP contribution in [0.1, 0.15) is 52.8 Å². The number of benzene rings is 1. The molecular formula is C21H26N4O7. The monoisotopic (exact) mass is 446 g/mol. The van der Waals surface area contributed by atoms with Crippen molar-refractivity contribution >= 4 is 29.3 Å². The van der Waals surface area contributed by atoms with Crippen LogP contribution in [0.5, 0.6) is 0 Å². The number of methoxy groups -OCH3 is 1. The van der Waals surface area contributed by atoms with Crippen molar-refractivity contribution in [3.05, 3.63) is 39.4 Å². The topological polar surface area (TPSA) is 139 Å². The molecule has 2 aliphatic heterocycles. The van der Waals surface area contributed by atoms with E-state index < -0.39 is 16.7 Å². The molecule has 0 atom stereocenters. The summed E-state index contributed by atoms with van der Waals surface area (Å²) < 4.78 is 4.92. The number of carbonyl (C=O) groups is 4. The molecule has 0 saturated carbocycles. The van der Waals surface area contributed by atoms with Crippen LogP contribution in [0.2, 0.25) is 0 Å². The minimum absolute atomic E-state index is 0.0143. The Bertz CT molecular complexity index is 925. The zero-order chi connectivity index (χ0) is 23.3. The van der Waals surface area contributed by atoms with E-state index in [0.717, 1.165) is 11.0 Å². The number of carbonyl (C=O) groups excluding carboxylic acids is 4. The van der Waals surface area contributed by atoms with Gasteiger partial charge in [0.25, 0.3) is 17.5 Å². The summed E-state index contributed by atoms with van der Waals surface area (Å²) in [6, 6.07) is 3.56. The Morgan fingerprint density at radius 2 is 1.84 bits per heavy atom. The van der Waals surface area contributed by atoms with Gasteiger partial charge in [-0.05, 0) is 25.3 Å². The number of nitrogens with zero attached hydrogens (tertiary/aromatic N) is 3. The molecule has 0 spiro atoms. The zero-order valence-electron chi connectivity index (χ0n) is 17.9. The fraction of sp³-hybridized carbons (Fsp3) is 0.524. The smallest absolute Gasteiger partial charge is 0.270 e. The second-order valence-corrected chi connectivity index (χ2v) is 7.82. The Morgan fingerprint density at radius 1 is 1.16 bits per heavy atom. The molecule has 32 heavy (non-hydrogen) atoms. The molecule has 0 unspecified atom stereocenters. The Kier molecular flexibility index (Phi) is 7.52. The van der Waals surface area contributed by atoms with Crippen LogP contribution in [0, 0.1) is 10.1 Å². The van der Waals surface area contributed by atoms with Gasteiger partial charge in [0.2, 0.25) is 11.8 Å². The molecule has 0 aliphatic carbocycles. The molecule has 172 valence electrons. The number of non-ortho nitro benzene ring substituents is 1. The van der Waals surface area contributed by atoms with Crippen molar-refractivity contribution in [2.75, 3.05) is 33.4 Å². The quantitative estimate of drug-likeness (QED) is 0.340. The zero-order valence-corrected chi connectivity index (χ0v) is 17.9. The molecule has 1 aromatic rings. The van der Waals surface area contributed by atoms with Crippen molar-refractivity contribution in [2.45, 2.75) is 38.1 Å². The van der Waals surface area contributed by atoms with Crippen molar-refractivity contribution in [3.63, 3.8) is 0 Å². The normalized spacial score (nSPS) is 16.3. The largest absolute Gasteiger partial charge is 0.384 e. The molecule has 2 aliphatic rings. The lowest BCUT2D eigenvalue weighted by molar-refractivity contribution is -0.384. The molecule has 2 heterocycles. The van der Waals surface area contributed by atoms with Gasteiger partial charge in [-0.15, -0.1) is 0 Å². The van der Waals surface area contributed by atoms with Crippen LogP contribution in [0.25, 0.3) is 0 Å². The Hall–Kier alpha value is -3.34. The van der Waals surface area contributed by atoms with Gasteiger partial charge in [-0.1, -0.05) is 0 Å². The highest BCUT2D eigenvalue weighted by molar-refractivity contribution is 6.21. The average molecular weight is 446 g/mol. The highest BCUT2D eigenvalue weighted by Gasteiger charge is 2.36. The molecule has 1 N–H and O–H groups in total. The fourth-order valence-corrected chi connectivity index (χ4v) is 3.91. The van der Waals surface area contributed by atoms with Crippen LogP contribution in [-0.2, 0) is 14.3 Å². The highest BCUT2D eigenvalue weighted by Crippen LogP contribution is 2.27. The first-order valence-electron chi connectivity index (χ1n) is 10.5. The molecule has 1 fully saturated rings. The van der Waals surface area contributed by atoms with Gasteiger partial charge in [0.1, 0.15) is 0 Å². The van der Waals surface area contributed by atoms with E-state index in [4.69, 9.17) is 4.74 Å². The summed E-state index contributed by atoms with van der Waals surface area (Å²) >= 11 is 0. The number of hydrogen-bond acceptors (Lipinski definition) is 7. The lowest BCUT2D eigenvalue weighted by Crippen LogP contribution is -2.46. The molecule has 4 amide bonds. The van der Waals surface area contributed by atoms with Crippen molar-refractivity contribution < 1.29 is 28.8 Å². The number of hydrogen-bond donors (Lipinski definition) is 1. The van der Waals surface area contributed by atoms with Crippen molar-refractivity contribution in [1.82, 2.24) is 15.1 Å². The minimum atomic E-state index is -0.620. The summed E-state index contributed by atoms with van der Waals surface area (Å²) in [5.41, 5.74) is -0.102. The molecule has 1 aromatic carbocycles. The third-order valence-electron chi connectivity index (χ3n) is 5.68. The average Bonchev–Trinajstić information content (AvgIpc) is 3.02. The summed E-state index contributed by atoms with van der Waals surface area (Å²) in [6.45, 7) is 1.60. The predicted octanol–water partition coefficient (Wildman–Crippen LogP) is 1.11. The second-order valence-electron chi connectivity index (χ2n) is 7.82. The number of ether oxygens (including phenoxy) is 1. The number of nitro benzene ring substituents is 1. The SMILES string of the molecule is COCCC(=O)N1CCC(NC(=O)CCCN2C(=O)c3ccc([N+](=O)[O-])cc3C2=O)CC1. The maximum absolute atomic E-state index is 12.5. The summed E-state index contributed by atoms with van der Waals surface area (Å²) in [5, 5.41) is 13.8. The van der Waals surface area contributed by atoms with Gasteiger partial charge in [0.05, 0.1) is 29.1 Å². The standard InChI is InChI=1S/C21H26N4O7/c1-32-12-8-19(27)23-10-6-14(7-11-23)22-18(26)3-2-9-24-20(28)16-5-4-15(25(30)31)13-17(16)21(24)29/h4-5,13-14H,2-3,6-12H2,1H3,(H,22,26). The van der Waals surface area contributed by atoms with E-state index in [-0.39, 0.29) is 54.1 Å². The van der Waals surface area contributed by atoms with E-state index in [1.54, 1.807) is 12.0 Å². The van der Waals surface area contributed by atoms with Crippen molar-refractivity contribution in [2.24, 2.45) is 0 Å². The number of nitrogens with one attached hydrogen (secondary N) is 1. The molecule has 0 radical (unpaired) electrons. The number of amides is 4. The first kappa shape index (κ1) is 23.3. The molecule has 3 rings (SSSR count). The van der Waals surface area contributed by atoms with Gasteiger partial charge in [-0.3, -0.25) is 34.2 Å². The Balaban J connectivity index is 1.42. The van der Waals surface area contributed by atoms with Gasteiger partial charge in [-0.25, -0.2) is 0 Å². The lowest BCUT2D eigenvalue weighted by atomic mass is 10.0. The van der Waals surface area contributed by atoms with Gasteiger partial charge < -0.3 is 15.0 Å². The first-order chi connectivity index (χ1) is 15.3. The third kappa shape index (κ3) is 5.28. The van der Waals surface area contributed by atoms with Crippen LogP contribution in [0.4, 0.5) is 5.69 Å². The maximum Gasteiger partial charge on any atom is 0.270 e. The van der Waals surface area contributed by atoms with Gasteiger partial charge in [0, 0.05) is 51.3 Å². The van der Waals surface area contributed by atoms with Crippen LogP contribution in [-0.4, -0.2) is 77.7 Å². The van der Waals surface area contributed by atoms with Gasteiger partial charge in [-0.2, -0.15) is 0 Å². The number of likely N-dealkylation sites (tertiary alicyclic amines) is 1. The number of imide groups is 1. The number of fused-ring (bicyclic) bond motifs is 1. The van der Waals surface area contributed by atoms with E-state index >= 15 is 0 Å². The third-order valence-corrected chi connectivity index (χ3v) is 5.68. The van der Waals surface area contributed by atoms with E-state index in [0.29, 0.717) is 39.0 Å². The van der Waals surface area contributed by atoms with Crippen LogP contribution >= 0.6 is 0 Å². The Labute approximate surface area is 184 Å². The second kappa shape index (κ2) is 10.3. The van der Waals surface area contributed by atoms with Crippen molar-refractivity contribution in [3.8, 4) is 0 Å². The summed E-state index contributed by atoms with van der Waals surface area (Å²) in [4.78, 5) is 62.2. The number of rotatable bonds is 9. The number of piperidine rings is 1. The number of nitro groups is 1. The Morgan fingerprint density at radius 3 is 2.50 bits per heavy atom. The van der Waals surface area contributed by atoms with Crippen LogP contribution in [0.3, 0.4) is 0 Å². The summed E-state index contributed by atoms with van der Waals surface area (Å²) in [6.07, 6.45) is 2.11. The van der Waals surface area contributed by atoms with Gasteiger partial charge in [0.15, 0.2) is 0 Å². The van der Waals surface area contributed by atoms with Crippen LogP contribution in [0.15, 0.2) is 18.2 Å². The predicted molar refractivity (Wildman–Crippen MR) is 112 cm³/mol. The highest BCUT2D eigenvalue weighted by atomic mass is 16.6. The fourth-order valence-electron chi connectivity index (χ4n) is 3.91. The van der Waals surface area contributed by atoms with E-state index in [1.807, 2.05) is 0 Å². The summed E-state index contributed by atoms with van der Waals surface area (Å²) in [5.74, 6) is -1.23. The molecular weight excluding hydrogens is 420 g/mol. The molecule has 0 aromatic heterocycles. The molecule has 11 heteroatoms. The van der Waals surface area contributed by atoms with Gasteiger partial charge >= 0.3 is 0 Å². The van der Waals surface area contributed by atoms with E-state index in [9.17, 15) is 29.3 Å². The van der Waals surface area contributed by atoms with Crippen LogP contribution < -0.4 is 5.32 Å². The molecule has 11 nitrogen and oxygen atoms in total. The maximum atomic E-state index is 12.5. The molecule has 0 bridgehead atoms. The minimum Gasteiger partial charge on any atom is -0.384 e. The van der Waals surface area contributed by atoms with Crippen molar-refractivity contribution in [1.29, 1.82) is 0 Å².